The Kier molecular flexibility index (Phi) is 7.94. The van der Waals surface area contributed by atoms with Gasteiger partial charge in [0.05, 0.1) is 12.3 Å². The lowest BCUT2D eigenvalue weighted by atomic mass is 10.2. The minimum absolute atomic E-state index is 0.0618. The van der Waals surface area contributed by atoms with Crippen molar-refractivity contribution >= 4 is 18.0 Å². The summed E-state index contributed by atoms with van der Waals surface area (Å²) < 4.78 is 0. The summed E-state index contributed by atoms with van der Waals surface area (Å²) in [6.45, 7) is 4.23. The van der Waals surface area contributed by atoms with Crippen LogP contribution in [0.25, 0.3) is 0 Å². The van der Waals surface area contributed by atoms with Crippen molar-refractivity contribution in [1.82, 2.24) is 0 Å². The molecule has 0 saturated carbocycles. The number of allylic oxidation sites excluding steroid dienone is 2. The minimum Gasteiger partial charge on any atom is -0.392 e. The largest absolute Gasteiger partial charge is 0.392 e. The fourth-order valence-corrected chi connectivity index (χ4v) is 2.37. The maximum Gasteiger partial charge on any atom is 0.0615 e. The molecule has 0 aliphatic rings. The normalized spacial score (nSPS) is 12.7. The lowest BCUT2D eigenvalue weighted by Crippen LogP contribution is -1.86. The predicted molar refractivity (Wildman–Crippen MR) is 85.0 cm³/mol. The molecule has 0 bridgehead atoms. The van der Waals surface area contributed by atoms with E-state index < -0.39 is 0 Å². The van der Waals surface area contributed by atoms with E-state index in [1.807, 2.05) is 18.4 Å². The molecule has 0 radical (unpaired) electrons. The summed E-state index contributed by atoms with van der Waals surface area (Å²) in [5.41, 5.74) is 2.28. The highest BCUT2D eigenvalue weighted by molar-refractivity contribution is 7.99. The molecular weight excluding hydrogens is 254 g/mol. The molecular formula is C16H21NOS. The van der Waals surface area contributed by atoms with E-state index in [-0.39, 0.29) is 6.61 Å². The first-order valence-electron chi connectivity index (χ1n) is 6.44. The highest BCUT2D eigenvalue weighted by Crippen LogP contribution is 2.21. The van der Waals surface area contributed by atoms with Crippen LogP contribution in [0.4, 0.5) is 0 Å². The Bertz CT molecular complexity index is 464. The number of aliphatic hydroxyl groups is 1. The van der Waals surface area contributed by atoms with Crippen molar-refractivity contribution in [2.24, 2.45) is 4.99 Å². The molecule has 19 heavy (non-hydrogen) atoms. The van der Waals surface area contributed by atoms with Gasteiger partial charge in [0.2, 0.25) is 0 Å². The molecule has 0 fully saturated rings. The Hall–Kier alpha value is -1.32. The molecule has 1 rings (SSSR count). The van der Waals surface area contributed by atoms with E-state index in [1.54, 1.807) is 17.8 Å². The summed E-state index contributed by atoms with van der Waals surface area (Å²) in [6, 6.07) is 8.46. The van der Waals surface area contributed by atoms with Gasteiger partial charge in [-0.3, -0.25) is 4.99 Å². The lowest BCUT2D eigenvalue weighted by molar-refractivity contribution is 0.343. The highest BCUT2D eigenvalue weighted by Gasteiger charge is 1.97. The number of benzene rings is 1. The maximum absolute atomic E-state index is 8.73. The molecule has 0 aliphatic heterocycles. The molecule has 2 nitrogen and oxygen atoms in total. The van der Waals surface area contributed by atoms with Crippen molar-refractivity contribution < 1.29 is 5.11 Å². The number of rotatable bonds is 7. The molecule has 1 N–H and O–H groups in total. The van der Waals surface area contributed by atoms with Gasteiger partial charge >= 0.3 is 0 Å². The zero-order valence-electron chi connectivity index (χ0n) is 11.5. The third kappa shape index (κ3) is 6.99. The van der Waals surface area contributed by atoms with Crippen molar-refractivity contribution in [2.75, 3.05) is 12.4 Å². The number of hydrogen-bond acceptors (Lipinski definition) is 3. The molecule has 0 saturated heterocycles. The fraction of sp³-hybridized carbons (Fsp3) is 0.312. The Morgan fingerprint density at radius 1 is 1.42 bits per heavy atom. The van der Waals surface area contributed by atoms with E-state index in [0.717, 1.165) is 17.9 Å². The summed E-state index contributed by atoms with van der Waals surface area (Å²) >= 11 is 1.77. The summed E-state index contributed by atoms with van der Waals surface area (Å²) in [7, 11) is 0. The van der Waals surface area contributed by atoms with E-state index in [9.17, 15) is 0 Å². The number of aliphatic imine (C=N–C) groups is 1. The quantitative estimate of drug-likeness (QED) is 0.463. The minimum atomic E-state index is 0.0618. The first kappa shape index (κ1) is 15.7. The van der Waals surface area contributed by atoms with Crippen LogP contribution < -0.4 is 0 Å². The van der Waals surface area contributed by atoms with Crippen LogP contribution in [0.2, 0.25) is 0 Å². The standard InChI is InChI=1S/C16H21NOS/c1-3-10-17-15(8-4-5-11-18)13-19-16-9-6-7-14(2)12-16/h4-10,12,18H,3,11,13H2,1-2H3/b5-4-,15-8-,17-10?. The first-order chi connectivity index (χ1) is 9.26. The average molecular weight is 275 g/mol. The predicted octanol–water partition coefficient (Wildman–Crippen LogP) is 4.00. The number of nitrogens with zero attached hydrogens (tertiary/aromatic N) is 1. The van der Waals surface area contributed by atoms with Crippen molar-refractivity contribution in [3.05, 3.63) is 53.8 Å². The monoisotopic (exact) mass is 275 g/mol. The molecule has 3 heteroatoms. The molecule has 0 atom stereocenters. The van der Waals surface area contributed by atoms with E-state index in [2.05, 4.69) is 43.1 Å². The molecule has 0 heterocycles. The van der Waals surface area contributed by atoms with Crippen LogP contribution >= 0.6 is 11.8 Å². The molecule has 0 amide bonds. The zero-order chi connectivity index (χ0) is 13.9. The summed E-state index contributed by atoms with van der Waals surface area (Å²) in [5, 5.41) is 8.73. The van der Waals surface area contributed by atoms with Crippen molar-refractivity contribution in [3.63, 3.8) is 0 Å². The van der Waals surface area contributed by atoms with Crippen LogP contribution in [0, 0.1) is 6.92 Å². The van der Waals surface area contributed by atoms with Crippen LogP contribution in [0.3, 0.4) is 0 Å². The second-order valence-corrected chi connectivity index (χ2v) is 5.14. The van der Waals surface area contributed by atoms with Gasteiger partial charge in [-0.05, 0) is 31.6 Å². The Morgan fingerprint density at radius 2 is 2.26 bits per heavy atom. The molecule has 0 aromatic heterocycles. The number of thioether (sulfide) groups is 1. The number of aliphatic hydroxyl groups excluding tert-OH is 1. The molecule has 1 aromatic rings. The average Bonchev–Trinajstić information content (AvgIpc) is 2.41. The van der Waals surface area contributed by atoms with E-state index >= 15 is 0 Å². The Morgan fingerprint density at radius 3 is 2.95 bits per heavy atom. The van der Waals surface area contributed by atoms with Crippen LogP contribution in [-0.2, 0) is 0 Å². The number of hydrogen-bond donors (Lipinski definition) is 1. The SMILES string of the molecule is CCC=N/C(=C\C=C/CO)CSc1cccc(C)c1. The van der Waals surface area contributed by atoms with Gasteiger partial charge in [-0.1, -0.05) is 36.8 Å². The Labute approximate surface area is 120 Å². The van der Waals surface area contributed by atoms with Crippen molar-refractivity contribution in [2.45, 2.75) is 25.2 Å². The van der Waals surface area contributed by atoms with Crippen molar-refractivity contribution in [3.8, 4) is 0 Å². The second-order valence-electron chi connectivity index (χ2n) is 4.09. The molecule has 102 valence electrons. The second kappa shape index (κ2) is 9.59. The van der Waals surface area contributed by atoms with Crippen LogP contribution in [-0.4, -0.2) is 23.7 Å². The van der Waals surface area contributed by atoms with Crippen LogP contribution in [0.5, 0.6) is 0 Å². The fourth-order valence-electron chi connectivity index (χ4n) is 1.44. The third-order valence-electron chi connectivity index (χ3n) is 2.35. The number of aryl methyl sites for hydroxylation is 1. The molecule has 1 aromatic carbocycles. The maximum atomic E-state index is 8.73. The molecule has 0 spiro atoms. The first-order valence-corrected chi connectivity index (χ1v) is 7.43. The van der Waals surface area contributed by atoms with Crippen LogP contribution in [0.1, 0.15) is 18.9 Å². The summed E-state index contributed by atoms with van der Waals surface area (Å²) in [4.78, 5) is 5.69. The Balaban J connectivity index is 2.64. The van der Waals surface area contributed by atoms with Gasteiger partial charge in [0.15, 0.2) is 0 Å². The lowest BCUT2D eigenvalue weighted by Gasteiger charge is -2.03. The summed E-state index contributed by atoms with van der Waals surface area (Å²) in [5.74, 6) is 0.829. The van der Waals surface area contributed by atoms with Crippen LogP contribution in [0.15, 0.2) is 58.1 Å². The van der Waals surface area contributed by atoms with E-state index in [4.69, 9.17) is 5.11 Å². The van der Waals surface area contributed by atoms with Gasteiger partial charge < -0.3 is 5.11 Å². The van der Waals surface area contributed by atoms with Gasteiger partial charge in [-0.25, -0.2) is 0 Å². The van der Waals surface area contributed by atoms with Crippen molar-refractivity contribution in [1.29, 1.82) is 0 Å². The topological polar surface area (TPSA) is 32.6 Å². The van der Waals surface area contributed by atoms with Gasteiger partial charge in [0, 0.05) is 16.9 Å². The zero-order valence-corrected chi connectivity index (χ0v) is 12.4. The van der Waals surface area contributed by atoms with Gasteiger partial charge in [-0.15, -0.1) is 11.8 Å². The summed E-state index contributed by atoms with van der Waals surface area (Å²) in [6.07, 6.45) is 8.34. The molecule has 0 aliphatic carbocycles. The van der Waals surface area contributed by atoms with Gasteiger partial charge in [0.25, 0.3) is 0 Å². The van der Waals surface area contributed by atoms with Gasteiger partial charge in [0.1, 0.15) is 0 Å². The van der Waals surface area contributed by atoms with E-state index in [1.165, 1.54) is 10.5 Å². The smallest absolute Gasteiger partial charge is 0.0615 e. The molecule has 0 unspecified atom stereocenters. The van der Waals surface area contributed by atoms with Gasteiger partial charge in [-0.2, -0.15) is 0 Å². The highest BCUT2D eigenvalue weighted by atomic mass is 32.2. The third-order valence-corrected chi connectivity index (χ3v) is 3.37. The van der Waals surface area contributed by atoms with E-state index in [0.29, 0.717) is 0 Å².